The average molecular weight is 290 g/mol. The molecule has 2 rings (SSSR count). The van der Waals surface area contributed by atoms with Crippen molar-refractivity contribution in [1.82, 2.24) is 5.43 Å². The van der Waals surface area contributed by atoms with Crippen molar-refractivity contribution in [1.29, 1.82) is 0 Å². The third-order valence-electron chi connectivity index (χ3n) is 2.55. The minimum Gasteiger partial charge on any atom is -0.493 e. The number of amides is 1. The van der Waals surface area contributed by atoms with E-state index in [2.05, 4.69) is 10.5 Å². The van der Waals surface area contributed by atoms with Crippen molar-refractivity contribution in [2.75, 3.05) is 14.2 Å². The second-order valence-electron chi connectivity index (χ2n) is 3.76. The highest BCUT2D eigenvalue weighted by Crippen LogP contribution is 2.29. The molecule has 0 saturated carbocycles. The van der Waals surface area contributed by atoms with Gasteiger partial charge in [0, 0.05) is 5.56 Å². The van der Waals surface area contributed by atoms with Crippen molar-refractivity contribution in [3.8, 4) is 11.5 Å². The predicted octanol–water partition coefficient (Wildman–Crippen LogP) is 2.53. The Labute approximate surface area is 120 Å². The minimum absolute atomic E-state index is 0.238. The van der Waals surface area contributed by atoms with Crippen molar-refractivity contribution in [2.24, 2.45) is 5.10 Å². The molecule has 0 aliphatic heterocycles. The summed E-state index contributed by atoms with van der Waals surface area (Å²) in [4.78, 5) is 12.3. The molecule has 0 unspecified atom stereocenters. The van der Waals surface area contributed by atoms with E-state index in [1.54, 1.807) is 26.4 Å². The summed E-state index contributed by atoms with van der Waals surface area (Å²) in [7, 11) is 3.12. The molecule has 1 aromatic heterocycles. The lowest BCUT2D eigenvalue weighted by atomic mass is 10.2. The zero-order chi connectivity index (χ0) is 14.4. The molecule has 0 radical (unpaired) electrons. The van der Waals surface area contributed by atoms with Crippen LogP contribution in [0.15, 0.2) is 40.8 Å². The molecule has 0 spiro atoms. The lowest BCUT2D eigenvalue weighted by Gasteiger charge is -2.09. The van der Waals surface area contributed by atoms with E-state index in [4.69, 9.17) is 9.47 Å². The Morgan fingerprint density at radius 2 is 2.10 bits per heavy atom. The highest BCUT2D eigenvalue weighted by Gasteiger charge is 2.08. The molecule has 5 nitrogen and oxygen atoms in total. The number of carbonyl (C=O) groups excluding carboxylic acids is 1. The van der Waals surface area contributed by atoms with Gasteiger partial charge in [-0.05, 0) is 23.6 Å². The highest BCUT2D eigenvalue weighted by molar-refractivity contribution is 7.12. The summed E-state index contributed by atoms with van der Waals surface area (Å²) in [5, 5.41) is 5.77. The lowest BCUT2D eigenvalue weighted by Crippen LogP contribution is -2.16. The van der Waals surface area contributed by atoms with Crippen LogP contribution < -0.4 is 14.9 Å². The largest absolute Gasteiger partial charge is 0.493 e. The number of para-hydroxylation sites is 1. The van der Waals surface area contributed by atoms with Crippen LogP contribution in [0.25, 0.3) is 0 Å². The fourth-order valence-corrected chi connectivity index (χ4v) is 2.25. The SMILES string of the molecule is COc1cccc(/C=N\NC(=O)c2cccs2)c1OC. The monoisotopic (exact) mass is 290 g/mol. The molecule has 1 N–H and O–H groups in total. The van der Waals surface area contributed by atoms with Crippen LogP contribution in [0.5, 0.6) is 11.5 Å². The molecule has 1 heterocycles. The van der Waals surface area contributed by atoms with Crippen molar-refractivity contribution in [2.45, 2.75) is 0 Å². The summed E-state index contributed by atoms with van der Waals surface area (Å²) < 4.78 is 10.5. The number of ether oxygens (including phenoxy) is 2. The minimum atomic E-state index is -0.238. The Morgan fingerprint density at radius 1 is 1.25 bits per heavy atom. The highest BCUT2D eigenvalue weighted by atomic mass is 32.1. The van der Waals surface area contributed by atoms with Crippen molar-refractivity contribution in [3.63, 3.8) is 0 Å². The Morgan fingerprint density at radius 3 is 2.75 bits per heavy atom. The first-order valence-electron chi connectivity index (χ1n) is 5.84. The second kappa shape index (κ2) is 6.72. The van der Waals surface area contributed by atoms with Gasteiger partial charge in [-0.25, -0.2) is 5.43 Å². The third-order valence-corrected chi connectivity index (χ3v) is 3.42. The van der Waals surface area contributed by atoms with Crippen LogP contribution >= 0.6 is 11.3 Å². The fraction of sp³-hybridized carbons (Fsp3) is 0.143. The molecule has 2 aromatic rings. The van der Waals surface area contributed by atoms with E-state index in [9.17, 15) is 4.79 Å². The molecule has 0 aliphatic carbocycles. The van der Waals surface area contributed by atoms with Crippen LogP contribution in [0.3, 0.4) is 0 Å². The van der Waals surface area contributed by atoms with Gasteiger partial charge in [0.15, 0.2) is 11.5 Å². The molecular formula is C14H14N2O3S. The number of methoxy groups -OCH3 is 2. The maximum Gasteiger partial charge on any atom is 0.281 e. The van der Waals surface area contributed by atoms with E-state index in [1.807, 2.05) is 23.6 Å². The Hall–Kier alpha value is -2.34. The van der Waals surface area contributed by atoms with E-state index in [0.717, 1.165) is 5.56 Å². The van der Waals surface area contributed by atoms with E-state index in [-0.39, 0.29) is 5.91 Å². The van der Waals surface area contributed by atoms with Gasteiger partial charge in [0.2, 0.25) is 0 Å². The zero-order valence-electron chi connectivity index (χ0n) is 11.1. The summed E-state index contributed by atoms with van der Waals surface area (Å²) in [5.74, 6) is 0.947. The lowest BCUT2D eigenvalue weighted by molar-refractivity contribution is 0.0959. The average Bonchev–Trinajstić information content (AvgIpc) is 3.01. The van der Waals surface area contributed by atoms with Gasteiger partial charge in [-0.2, -0.15) is 5.10 Å². The molecule has 1 amide bonds. The fourth-order valence-electron chi connectivity index (χ4n) is 1.64. The molecule has 0 aliphatic rings. The second-order valence-corrected chi connectivity index (χ2v) is 4.71. The third kappa shape index (κ3) is 3.16. The van der Waals surface area contributed by atoms with Gasteiger partial charge in [0.1, 0.15) is 0 Å². The number of carbonyl (C=O) groups is 1. The van der Waals surface area contributed by atoms with Gasteiger partial charge in [0.05, 0.1) is 25.3 Å². The summed E-state index contributed by atoms with van der Waals surface area (Å²) in [5.41, 5.74) is 3.19. The quantitative estimate of drug-likeness (QED) is 0.680. The van der Waals surface area contributed by atoms with Gasteiger partial charge in [-0.3, -0.25) is 4.79 Å². The normalized spacial score (nSPS) is 10.5. The van der Waals surface area contributed by atoms with Gasteiger partial charge in [-0.1, -0.05) is 12.1 Å². The Kier molecular flexibility index (Phi) is 4.73. The molecule has 0 fully saturated rings. The smallest absolute Gasteiger partial charge is 0.281 e. The van der Waals surface area contributed by atoms with E-state index >= 15 is 0 Å². The maximum atomic E-state index is 11.7. The molecule has 0 saturated heterocycles. The molecule has 104 valence electrons. The van der Waals surface area contributed by atoms with E-state index in [0.29, 0.717) is 16.4 Å². The first-order chi connectivity index (χ1) is 9.76. The van der Waals surface area contributed by atoms with E-state index < -0.39 is 0 Å². The number of rotatable bonds is 5. The number of hydrogen-bond acceptors (Lipinski definition) is 5. The van der Waals surface area contributed by atoms with Crippen molar-refractivity contribution < 1.29 is 14.3 Å². The number of thiophene rings is 1. The Bertz CT molecular complexity index is 609. The molecule has 1 aromatic carbocycles. The number of nitrogens with one attached hydrogen (secondary N) is 1. The summed E-state index contributed by atoms with van der Waals surface area (Å²) in [6, 6.07) is 8.99. The molecule has 0 atom stereocenters. The molecular weight excluding hydrogens is 276 g/mol. The number of nitrogens with zero attached hydrogens (tertiary/aromatic N) is 1. The van der Waals surface area contributed by atoms with Crippen LogP contribution in [0.2, 0.25) is 0 Å². The number of hydrogen-bond donors (Lipinski definition) is 1. The topological polar surface area (TPSA) is 59.9 Å². The summed E-state index contributed by atoms with van der Waals surface area (Å²) >= 11 is 1.36. The van der Waals surface area contributed by atoms with E-state index in [1.165, 1.54) is 17.6 Å². The summed E-state index contributed by atoms with van der Waals surface area (Å²) in [6.07, 6.45) is 1.52. The number of benzene rings is 1. The van der Waals surface area contributed by atoms with Crippen LogP contribution in [-0.4, -0.2) is 26.3 Å². The zero-order valence-corrected chi connectivity index (χ0v) is 11.9. The molecule has 0 bridgehead atoms. The van der Waals surface area contributed by atoms with Crippen LogP contribution in [-0.2, 0) is 0 Å². The van der Waals surface area contributed by atoms with Gasteiger partial charge in [0.25, 0.3) is 5.91 Å². The predicted molar refractivity (Wildman–Crippen MR) is 78.9 cm³/mol. The van der Waals surface area contributed by atoms with Gasteiger partial charge >= 0.3 is 0 Å². The first-order valence-corrected chi connectivity index (χ1v) is 6.72. The summed E-state index contributed by atoms with van der Waals surface area (Å²) in [6.45, 7) is 0. The first kappa shape index (κ1) is 14.1. The van der Waals surface area contributed by atoms with Crippen LogP contribution in [0.1, 0.15) is 15.2 Å². The maximum absolute atomic E-state index is 11.7. The van der Waals surface area contributed by atoms with Gasteiger partial charge < -0.3 is 9.47 Å². The van der Waals surface area contributed by atoms with Crippen molar-refractivity contribution >= 4 is 23.5 Å². The van der Waals surface area contributed by atoms with Gasteiger partial charge in [-0.15, -0.1) is 11.3 Å². The standard InChI is InChI=1S/C14H14N2O3S/c1-18-11-6-3-5-10(13(11)19-2)9-15-16-14(17)12-7-4-8-20-12/h3-9H,1-2H3,(H,16,17)/b15-9-. The van der Waals surface area contributed by atoms with Crippen LogP contribution in [0.4, 0.5) is 0 Å². The molecule has 6 heteroatoms. The van der Waals surface area contributed by atoms with Crippen LogP contribution in [0, 0.1) is 0 Å². The molecule has 20 heavy (non-hydrogen) atoms. The Balaban J connectivity index is 2.10. The van der Waals surface area contributed by atoms with Crippen molar-refractivity contribution in [3.05, 3.63) is 46.2 Å². The number of hydrazone groups is 1.